The summed E-state index contributed by atoms with van der Waals surface area (Å²) in [4.78, 5) is 0.0957. The van der Waals surface area contributed by atoms with Gasteiger partial charge < -0.3 is 5.73 Å². The number of thioether (sulfide) groups is 1. The Labute approximate surface area is 99.4 Å². The lowest BCUT2D eigenvalue weighted by molar-refractivity contribution is 0.535. The molecule has 0 aliphatic rings. The van der Waals surface area contributed by atoms with Crippen LogP contribution in [0.25, 0.3) is 0 Å². The van der Waals surface area contributed by atoms with Crippen molar-refractivity contribution in [2.24, 2.45) is 11.7 Å². The monoisotopic (exact) mass is 245 g/mol. The number of halogens is 2. The Morgan fingerprint density at radius 3 is 2.06 bits per heavy atom. The van der Waals surface area contributed by atoms with Gasteiger partial charge in [-0.1, -0.05) is 20.8 Å². The van der Waals surface area contributed by atoms with Crippen molar-refractivity contribution in [3.63, 3.8) is 0 Å². The predicted molar refractivity (Wildman–Crippen MR) is 64.4 cm³/mol. The van der Waals surface area contributed by atoms with E-state index in [1.165, 1.54) is 23.9 Å². The van der Waals surface area contributed by atoms with E-state index in [0.717, 1.165) is 0 Å². The second-order valence-electron chi connectivity index (χ2n) is 4.16. The zero-order valence-corrected chi connectivity index (χ0v) is 10.6. The maximum Gasteiger partial charge on any atom is 0.140 e. The number of hydrogen-bond donors (Lipinski definition) is 1. The molecule has 0 spiro atoms. The van der Waals surface area contributed by atoms with Gasteiger partial charge in [0, 0.05) is 11.8 Å². The summed E-state index contributed by atoms with van der Waals surface area (Å²) >= 11 is 1.23. The molecule has 1 unspecified atom stereocenters. The van der Waals surface area contributed by atoms with Crippen LogP contribution in [-0.4, -0.2) is 5.25 Å². The molecule has 0 aliphatic heterocycles. The fraction of sp³-hybridized carbons (Fsp3) is 0.500. The van der Waals surface area contributed by atoms with Crippen LogP contribution in [0.4, 0.5) is 8.78 Å². The van der Waals surface area contributed by atoms with Crippen LogP contribution < -0.4 is 5.73 Å². The summed E-state index contributed by atoms with van der Waals surface area (Å²) in [5.41, 5.74) is 5.83. The zero-order valence-electron chi connectivity index (χ0n) is 9.76. The molecule has 0 bridgehead atoms. The van der Waals surface area contributed by atoms with Crippen molar-refractivity contribution in [3.05, 3.63) is 29.3 Å². The summed E-state index contributed by atoms with van der Waals surface area (Å²) in [5, 5.41) is 0.174. The highest BCUT2D eigenvalue weighted by molar-refractivity contribution is 8.00. The van der Waals surface area contributed by atoms with Crippen LogP contribution in [0.2, 0.25) is 0 Å². The van der Waals surface area contributed by atoms with E-state index in [4.69, 9.17) is 5.73 Å². The lowest BCUT2D eigenvalue weighted by Crippen LogP contribution is -2.07. The molecule has 0 heterocycles. The zero-order chi connectivity index (χ0) is 12.3. The minimum Gasteiger partial charge on any atom is -0.326 e. The second kappa shape index (κ2) is 5.64. The molecule has 0 saturated heterocycles. The molecule has 1 aromatic carbocycles. The van der Waals surface area contributed by atoms with Crippen LogP contribution in [0.1, 0.15) is 26.3 Å². The quantitative estimate of drug-likeness (QED) is 0.821. The van der Waals surface area contributed by atoms with Crippen LogP contribution in [0, 0.1) is 17.6 Å². The first kappa shape index (κ1) is 13.5. The number of rotatable bonds is 4. The Morgan fingerprint density at radius 2 is 1.69 bits per heavy atom. The van der Waals surface area contributed by atoms with Gasteiger partial charge in [-0.2, -0.15) is 0 Å². The Bertz CT molecular complexity index is 343. The lowest BCUT2D eigenvalue weighted by Gasteiger charge is -2.16. The van der Waals surface area contributed by atoms with E-state index in [2.05, 4.69) is 0 Å². The molecule has 0 fully saturated rings. The topological polar surface area (TPSA) is 26.0 Å². The number of nitrogens with two attached hydrogens (primary N) is 1. The predicted octanol–water partition coefficient (Wildman–Crippen LogP) is 3.56. The number of benzene rings is 1. The molecule has 1 rings (SSSR count). The van der Waals surface area contributed by atoms with Gasteiger partial charge in [-0.25, -0.2) is 8.78 Å². The molecule has 1 atom stereocenters. The van der Waals surface area contributed by atoms with E-state index >= 15 is 0 Å². The van der Waals surface area contributed by atoms with Crippen LogP contribution in [0.3, 0.4) is 0 Å². The van der Waals surface area contributed by atoms with Gasteiger partial charge in [0.05, 0.1) is 4.90 Å². The molecule has 16 heavy (non-hydrogen) atoms. The average Bonchev–Trinajstić information content (AvgIpc) is 2.22. The van der Waals surface area contributed by atoms with Crippen molar-refractivity contribution in [2.75, 3.05) is 0 Å². The third-order valence-electron chi connectivity index (χ3n) is 2.54. The molecule has 4 heteroatoms. The van der Waals surface area contributed by atoms with Gasteiger partial charge in [0.1, 0.15) is 11.6 Å². The van der Waals surface area contributed by atoms with Crippen LogP contribution in [-0.2, 0) is 6.54 Å². The molecule has 0 radical (unpaired) electrons. The van der Waals surface area contributed by atoms with Crippen LogP contribution >= 0.6 is 11.8 Å². The van der Waals surface area contributed by atoms with Gasteiger partial charge in [0.2, 0.25) is 0 Å². The minimum atomic E-state index is -0.516. The largest absolute Gasteiger partial charge is 0.326 e. The van der Waals surface area contributed by atoms with Gasteiger partial charge in [-0.15, -0.1) is 11.8 Å². The summed E-state index contributed by atoms with van der Waals surface area (Å²) < 4.78 is 27.2. The van der Waals surface area contributed by atoms with E-state index in [-0.39, 0.29) is 16.7 Å². The summed E-state index contributed by atoms with van der Waals surface area (Å²) in [7, 11) is 0. The van der Waals surface area contributed by atoms with E-state index < -0.39 is 11.6 Å². The van der Waals surface area contributed by atoms with Gasteiger partial charge in [0.15, 0.2) is 0 Å². The first-order valence-corrected chi connectivity index (χ1v) is 6.18. The Balaban J connectivity index is 2.96. The molecular formula is C12H17F2NS. The Hall–Kier alpha value is -0.610. The summed E-state index contributed by atoms with van der Waals surface area (Å²) in [5.74, 6) is -0.658. The fourth-order valence-corrected chi connectivity index (χ4v) is 2.15. The molecule has 1 nitrogen and oxygen atoms in total. The third kappa shape index (κ3) is 3.19. The first-order chi connectivity index (χ1) is 7.45. The molecule has 0 aliphatic carbocycles. The smallest absolute Gasteiger partial charge is 0.140 e. The molecule has 1 aromatic rings. The van der Waals surface area contributed by atoms with Crippen molar-refractivity contribution in [3.8, 4) is 0 Å². The van der Waals surface area contributed by atoms with Crippen molar-refractivity contribution in [1.29, 1.82) is 0 Å². The van der Waals surface area contributed by atoms with Crippen molar-refractivity contribution in [1.82, 2.24) is 0 Å². The molecule has 0 saturated carbocycles. The standard InChI is InChI=1S/C12H17F2NS/c1-7(2)8(3)16-12-10(13)4-9(6-15)5-11(12)14/h4-5,7-8H,6,15H2,1-3H3. The summed E-state index contributed by atoms with van der Waals surface area (Å²) in [6.07, 6.45) is 0. The first-order valence-electron chi connectivity index (χ1n) is 5.30. The molecule has 90 valence electrons. The van der Waals surface area contributed by atoms with Gasteiger partial charge in [-0.3, -0.25) is 0 Å². The highest BCUT2D eigenvalue weighted by Crippen LogP contribution is 2.32. The van der Waals surface area contributed by atoms with Crippen LogP contribution in [0.5, 0.6) is 0 Å². The van der Waals surface area contributed by atoms with E-state index in [9.17, 15) is 8.78 Å². The summed E-state index contributed by atoms with van der Waals surface area (Å²) in [6.45, 7) is 6.17. The average molecular weight is 245 g/mol. The van der Waals surface area contributed by atoms with Gasteiger partial charge in [0.25, 0.3) is 0 Å². The maximum absolute atomic E-state index is 13.6. The van der Waals surface area contributed by atoms with Crippen molar-refractivity contribution >= 4 is 11.8 Å². The van der Waals surface area contributed by atoms with E-state index in [1.54, 1.807) is 0 Å². The maximum atomic E-state index is 13.6. The molecule has 0 aromatic heterocycles. The van der Waals surface area contributed by atoms with Gasteiger partial charge >= 0.3 is 0 Å². The molecule has 2 N–H and O–H groups in total. The van der Waals surface area contributed by atoms with E-state index in [1.807, 2.05) is 20.8 Å². The fourth-order valence-electron chi connectivity index (χ4n) is 1.16. The van der Waals surface area contributed by atoms with Crippen molar-refractivity contribution in [2.45, 2.75) is 37.5 Å². The summed E-state index contributed by atoms with van der Waals surface area (Å²) in [6, 6.07) is 2.61. The second-order valence-corrected chi connectivity index (χ2v) is 5.55. The Morgan fingerprint density at radius 1 is 1.19 bits per heavy atom. The molecule has 0 amide bonds. The van der Waals surface area contributed by atoms with Crippen LogP contribution in [0.15, 0.2) is 17.0 Å². The highest BCUT2D eigenvalue weighted by atomic mass is 32.2. The third-order valence-corrected chi connectivity index (χ3v) is 4.08. The Kier molecular flexibility index (Phi) is 4.74. The normalized spacial score (nSPS) is 13.2. The SMILES string of the molecule is CC(C)C(C)Sc1c(F)cc(CN)cc1F. The van der Waals surface area contributed by atoms with E-state index in [0.29, 0.717) is 11.5 Å². The van der Waals surface area contributed by atoms with Crippen molar-refractivity contribution < 1.29 is 8.78 Å². The molecular weight excluding hydrogens is 228 g/mol. The lowest BCUT2D eigenvalue weighted by atomic mass is 10.2. The van der Waals surface area contributed by atoms with Gasteiger partial charge in [-0.05, 0) is 23.6 Å². The highest BCUT2D eigenvalue weighted by Gasteiger charge is 2.16. The minimum absolute atomic E-state index is 0.0957. The number of hydrogen-bond acceptors (Lipinski definition) is 2.